The number of carbonyl (C=O) groups excluding carboxylic acids is 3. The van der Waals surface area contributed by atoms with Gasteiger partial charge in [-0.2, -0.15) is 0 Å². The second-order valence-corrected chi connectivity index (χ2v) is 12.0. The van der Waals surface area contributed by atoms with E-state index in [9.17, 15) is 19.5 Å². The average molecular weight is 577 g/mol. The second-order valence-electron chi connectivity index (χ2n) is 12.0. The second kappa shape index (κ2) is 13.3. The Balaban J connectivity index is 1.18. The molecule has 2 atom stereocenters. The van der Waals surface area contributed by atoms with Crippen molar-refractivity contribution >= 4 is 17.7 Å². The molecule has 2 saturated heterocycles. The van der Waals surface area contributed by atoms with Crippen molar-refractivity contribution in [1.82, 2.24) is 20.4 Å². The van der Waals surface area contributed by atoms with E-state index >= 15 is 0 Å². The van der Waals surface area contributed by atoms with E-state index in [1.165, 1.54) is 6.42 Å². The van der Waals surface area contributed by atoms with Crippen LogP contribution in [-0.2, 0) is 16.1 Å². The molecule has 1 aliphatic carbocycles. The van der Waals surface area contributed by atoms with E-state index in [2.05, 4.69) is 15.5 Å². The lowest BCUT2D eigenvalue weighted by molar-refractivity contribution is -0.165. The van der Waals surface area contributed by atoms with Crippen molar-refractivity contribution in [3.63, 3.8) is 0 Å². The van der Waals surface area contributed by atoms with Gasteiger partial charge in [0.1, 0.15) is 23.1 Å². The molecule has 2 heterocycles. The van der Waals surface area contributed by atoms with Crippen LogP contribution < -0.4 is 15.4 Å². The normalized spacial score (nSPS) is 22.1. The van der Waals surface area contributed by atoms with Crippen LogP contribution in [0.5, 0.6) is 11.5 Å². The lowest BCUT2D eigenvalue weighted by Gasteiger charge is -2.52. The molecule has 0 bridgehead atoms. The molecular formula is C33H44N4O5. The zero-order chi connectivity index (χ0) is 29.7. The third-order valence-electron chi connectivity index (χ3n) is 9.27. The lowest BCUT2D eigenvalue weighted by Crippen LogP contribution is -2.75. The maximum absolute atomic E-state index is 13.7. The number of nitrogens with zero attached hydrogens (tertiary/aromatic N) is 2. The molecule has 226 valence electrons. The molecule has 0 aromatic heterocycles. The SMILES string of the molecule is CCCN1C(=O)[C@@H]([C@H](O)C2CCCCC2)NC(=O)C12CCN(Cc1ccc(Oc3ccc(C(=O)NC)cc3)cc1)CC2. The molecule has 3 fully saturated rings. The van der Waals surface area contributed by atoms with Crippen molar-refractivity contribution in [2.75, 3.05) is 26.7 Å². The third-order valence-corrected chi connectivity index (χ3v) is 9.27. The Morgan fingerprint density at radius 2 is 1.64 bits per heavy atom. The lowest BCUT2D eigenvalue weighted by atomic mass is 9.78. The van der Waals surface area contributed by atoms with Gasteiger partial charge in [0.05, 0.1) is 6.10 Å². The smallest absolute Gasteiger partial charge is 0.251 e. The molecule has 2 aliphatic heterocycles. The number of amides is 3. The number of benzene rings is 2. The largest absolute Gasteiger partial charge is 0.457 e. The number of piperidine rings is 1. The van der Waals surface area contributed by atoms with Gasteiger partial charge in [-0.15, -0.1) is 0 Å². The monoisotopic (exact) mass is 576 g/mol. The summed E-state index contributed by atoms with van der Waals surface area (Å²) in [6, 6.07) is 14.1. The van der Waals surface area contributed by atoms with Gasteiger partial charge in [0.15, 0.2) is 0 Å². The van der Waals surface area contributed by atoms with Crippen LogP contribution in [0.4, 0.5) is 0 Å². The molecule has 5 rings (SSSR count). The molecule has 9 nitrogen and oxygen atoms in total. The number of carbonyl (C=O) groups is 3. The molecule has 2 aromatic carbocycles. The van der Waals surface area contributed by atoms with Crippen LogP contribution in [0.15, 0.2) is 48.5 Å². The quantitative estimate of drug-likeness (QED) is 0.418. The number of ether oxygens (including phenoxy) is 1. The number of hydrogen-bond acceptors (Lipinski definition) is 6. The zero-order valence-corrected chi connectivity index (χ0v) is 24.8. The van der Waals surface area contributed by atoms with E-state index in [4.69, 9.17) is 4.74 Å². The van der Waals surface area contributed by atoms with Gasteiger partial charge in [0.2, 0.25) is 11.8 Å². The number of rotatable bonds is 9. The molecule has 3 aliphatic rings. The van der Waals surface area contributed by atoms with Crippen molar-refractivity contribution in [1.29, 1.82) is 0 Å². The van der Waals surface area contributed by atoms with E-state index in [0.29, 0.717) is 49.5 Å². The number of hydrogen-bond donors (Lipinski definition) is 3. The molecule has 9 heteroatoms. The van der Waals surface area contributed by atoms with E-state index < -0.39 is 17.7 Å². The van der Waals surface area contributed by atoms with E-state index in [1.54, 1.807) is 36.2 Å². The summed E-state index contributed by atoms with van der Waals surface area (Å²) in [7, 11) is 1.60. The Labute approximate surface area is 248 Å². The Morgan fingerprint density at radius 3 is 2.24 bits per heavy atom. The highest BCUT2D eigenvalue weighted by Gasteiger charge is 2.55. The maximum Gasteiger partial charge on any atom is 0.251 e. The highest BCUT2D eigenvalue weighted by Crippen LogP contribution is 2.36. The van der Waals surface area contributed by atoms with Crippen LogP contribution in [0.3, 0.4) is 0 Å². The molecule has 0 radical (unpaired) electrons. The van der Waals surface area contributed by atoms with Crippen LogP contribution in [0, 0.1) is 5.92 Å². The number of aliphatic hydroxyl groups excluding tert-OH is 1. The van der Waals surface area contributed by atoms with Gasteiger partial charge in [-0.1, -0.05) is 38.3 Å². The van der Waals surface area contributed by atoms with Gasteiger partial charge in [-0.05, 0) is 80.0 Å². The maximum atomic E-state index is 13.7. The topological polar surface area (TPSA) is 111 Å². The van der Waals surface area contributed by atoms with Crippen LogP contribution in [0.1, 0.15) is 74.2 Å². The minimum absolute atomic E-state index is 0.0683. The fourth-order valence-corrected chi connectivity index (χ4v) is 6.82. The average Bonchev–Trinajstić information content (AvgIpc) is 3.03. The molecular weight excluding hydrogens is 532 g/mol. The van der Waals surface area contributed by atoms with Crippen molar-refractivity contribution in [2.24, 2.45) is 5.92 Å². The summed E-state index contributed by atoms with van der Waals surface area (Å²) in [6.07, 6.45) is 6.22. The fraction of sp³-hybridized carbons (Fsp3) is 0.545. The minimum atomic E-state index is -0.850. The van der Waals surface area contributed by atoms with Crippen molar-refractivity contribution in [3.05, 3.63) is 59.7 Å². The summed E-state index contributed by atoms with van der Waals surface area (Å²) in [4.78, 5) is 43.2. The Bertz CT molecular complexity index is 1230. The van der Waals surface area contributed by atoms with Crippen LogP contribution in [-0.4, -0.2) is 77.0 Å². The van der Waals surface area contributed by atoms with Crippen molar-refractivity contribution < 1.29 is 24.2 Å². The number of piperazine rings is 1. The van der Waals surface area contributed by atoms with Gasteiger partial charge in [0, 0.05) is 38.8 Å². The summed E-state index contributed by atoms with van der Waals surface area (Å²) >= 11 is 0. The zero-order valence-electron chi connectivity index (χ0n) is 24.8. The number of likely N-dealkylation sites (tertiary alicyclic amines) is 1. The third kappa shape index (κ3) is 6.32. The minimum Gasteiger partial charge on any atom is -0.457 e. The van der Waals surface area contributed by atoms with E-state index in [0.717, 1.165) is 44.2 Å². The predicted octanol–water partition coefficient (Wildman–Crippen LogP) is 3.85. The fourth-order valence-electron chi connectivity index (χ4n) is 6.82. The first-order valence-corrected chi connectivity index (χ1v) is 15.5. The van der Waals surface area contributed by atoms with Crippen LogP contribution in [0.2, 0.25) is 0 Å². The summed E-state index contributed by atoms with van der Waals surface area (Å²) < 4.78 is 5.94. The molecule has 3 N–H and O–H groups in total. The highest BCUT2D eigenvalue weighted by atomic mass is 16.5. The van der Waals surface area contributed by atoms with Crippen LogP contribution in [0.25, 0.3) is 0 Å². The first-order chi connectivity index (χ1) is 20.3. The van der Waals surface area contributed by atoms with E-state index in [1.807, 2.05) is 31.2 Å². The first-order valence-electron chi connectivity index (χ1n) is 15.5. The molecule has 0 unspecified atom stereocenters. The summed E-state index contributed by atoms with van der Waals surface area (Å²) in [6.45, 7) is 4.70. The van der Waals surface area contributed by atoms with Crippen LogP contribution >= 0.6 is 0 Å². The molecule has 2 aromatic rings. The number of nitrogens with one attached hydrogen (secondary N) is 2. The van der Waals surface area contributed by atoms with Gasteiger partial charge in [-0.25, -0.2) is 0 Å². The molecule has 3 amide bonds. The van der Waals surface area contributed by atoms with Gasteiger partial charge in [-0.3, -0.25) is 19.3 Å². The van der Waals surface area contributed by atoms with Gasteiger partial charge < -0.3 is 25.4 Å². The number of aliphatic hydroxyl groups is 1. The van der Waals surface area contributed by atoms with E-state index in [-0.39, 0.29) is 23.6 Å². The Hall–Kier alpha value is -3.43. The predicted molar refractivity (Wildman–Crippen MR) is 160 cm³/mol. The molecule has 1 saturated carbocycles. The highest BCUT2D eigenvalue weighted by molar-refractivity contribution is 6.00. The summed E-state index contributed by atoms with van der Waals surface area (Å²) in [5.74, 6) is 1.06. The molecule has 1 spiro atoms. The Kier molecular flexibility index (Phi) is 9.48. The summed E-state index contributed by atoms with van der Waals surface area (Å²) in [5, 5.41) is 16.7. The molecule has 42 heavy (non-hydrogen) atoms. The van der Waals surface area contributed by atoms with Crippen molar-refractivity contribution in [2.45, 2.75) is 82.5 Å². The van der Waals surface area contributed by atoms with Gasteiger partial charge in [0.25, 0.3) is 5.91 Å². The Morgan fingerprint density at radius 1 is 1.02 bits per heavy atom. The first kappa shape index (κ1) is 30.0. The van der Waals surface area contributed by atoms with Gasteiger partial charge >= 0.3 is 0 Å². The summed E-state index contributed by atoms with van der Waals surface area (Å²) in [5.41, 5.74) is 0.865. The van der Waals surface area contributed by atoms with Crippen molar-refractivity contribution in [3.8, 4) is 11.5 Å². The standard InChI is InChI=1S/C33H44N4O5/c1-3-19-37-31(40)28(29(38)24-7-5-4-6-8-24)35-32(41)33(37)17-20-36(21-18-33)22-23-9-13-26(14-10-23)42-27-15-11-25(12-16-27)30(39)34-2/h9-16,24,28-29,38H,3-8,17-22H2,1-2H3,(H,34,39)(H,35,41)/t28-,29-/m1/s1.